The minimum atomic E-state index is -0.161. The maximum Gasteiger partial charge on any atom is 0.309 e. The van der Waals surface area contributed by atoms with Crippen LogP contribution >= 0.6 is 15.9 Å². The SMILES string of the molecule is C[C@H](CBr)C(=O)OCc1ccccc1. The summed E-state index contributed by atoms with van der Waals surface area (Å²) in [5, 5.41) is 0.640. The van der Waals surface area contributed by atoms with Crippen molar-refractivity contribution in [2.75, 3.05) is 5.33 Å². The lowest BCUT2D eigenvalue weighted by atomic mass is 10.2. The van der Waals surface area contributed by atoms with E-state index in [-0.39, 0.29) is 11.9 Å². The van der Waals surface area contributed by atoms with Gasteiger partial charge in [0.05, 0.1) is 5.92 Å². The third-order valence-electron chi connectivity index (χ3n) is 1.86. The Balaban J connectivity index is 2.38. The first-order valence-corrected chi connectivity index (χ1v) is 5.62. The van der Waals surface area contributed by atoms with Crippen LogP contribution in [0.25, 0.3) is 0 Å². The van der Waals surface area contributed by atoms with E-state index in [9.17, 15) is 4.79 Å². The molecule has 0 saturated heterocycles. The number of hydrogen-bond donors (Lipinski definition) is 0. The Kier molecular flexibility index (Phi) is 4.66. The van der Waals surface area contributed by atoms with Crippen molar-refractivity contribution in [3.05, 3.63) is 35.9 Å². The molecule has 1 aromatic rings. The largest absolute Gasteiger partial charge is 0.461 e. The normalized spacial score (nSPS) is 12.1. The maximum absolute atomic E-state index is 11.3. The Morgan fingerprint density at radius 3 is 2.64 bits per heavy atom. The van der Waals surface area contributed by atoms with Gasteiger partial charge in [-0.15, -0.1) is 0 Å². The minimum absolute atomic E-state index is 0.0845. The van der Waals surface area contributed by atoms with Crippen molar-refractivity contribution in [2.45, 2.75) is 13.5 Å². The molecule has 0 fully saturated rings. The summed E-state index contributed by atoms with van der Waals surface area (Å²) < 4.78 is 5.11. The van der Waals surface area contributed by atoms with Crippen LogP contribution in [0, 0.1) is 5.92 Å². The summed E-state index contributed by atoms with van der Waals surface area (Å²) in [4.78, 5) is 11.3. The van der Waals surface area contributed by atoms with Gasteiger partial charge in [-0.1, -0.05) is 53.2 Å². The molecular weight excluding hydrogens is 244 g/mol. The van der Waals surface area contributed by atoms with Gasteiger partial charge >= 0.3 is 5.97 Å². The molecule has 0 N–H and O–H groups in total. The summed E-state index contributed by atoms with van der Waals surface area (Å²) >= 11 is 3.24. The average molecular weight is 257 g/mol. The maximum atomic E-state index is 11.3. The zero-order valence-electron chi connectivity index (χ0n) is 8.07. The molecule has 0 saturated carbocycles. The second kappa shape index (κ2) is 5.81. The van der Waals surface area contributed by atoms with Crippen LogP contribution < -0.4 is 0 Å². The molecular formula is C11H13BrO2. The van der Waals surface area contributed by atoms with Crippen LogP contribution in [0.2, 0.25) is 0 Å². The van der Waals surface area contributed by atoms with Gasteiger partial charge in [-0.25, -0.2) is 0 Å². The molecule has 1 atom stereocenters. The van der Waals surface area contributed by atoms with Crippen molar-refractivity contribution < 1.29 is 9.53 Å². The van der Waals surface area contributed by atoms with Gasteiger partial charge in [-0.05, 0) is 5.56 Å². The Bertz CT molecular complexity index is 285. The van der Waals surface area contributed by atoms with Crippen LogP contribution in [-0.2, 0) is 16.1 Å². The van der Waals surface area contributed by atoms with Crippen LogP contribution in [0.5, 0.6) is 0 Å². The van der Waals surface area contributed by atoms with Gasteiger partial charge in [0, 0.05) is 5.33 Å². The second-order valence-corrected chi connectivity index (χ2v) is 3.80. The van der Waals surface area contributed by atoms with Gasteiger partial charge < -0.3 is 4.74 Å². The van der Waals surface area contributed by atoms with Crippen LogP contribution in [0.15, 0.2) is 30.3 Å². The monoisotopic (exact) mass is 256 g/mol. The van der Waals surface area contributed by atoms with Gasteiger partial charge in [0.1, 0.15) is 6.61 Å². The molecule has 0 radical (unpaired) electrons. The van der Waals surface area contributed by atoms with Crippen molar-refractivity contribution in [3.8, 4) is 0 Å². The molecule has 0 unspecified atom stereocenters. The zero-order valence-corrected chi connectivity index (χ0v) is 9.66. The fraction of sp³-hybridized carbons (Fsp3) is 0.364. The number of halogens is 1. The molecule has 0 aromatic heterocycles. The van der Waals surface area contributed by atoms with E-state index in [1.807, 2.05) is 37.3 Å². The Hall–Kier alpha value is -0.830. The van der Waals surface area contributed by atoms with E-state index in [1.54, 1.807) is 0 Å². The molecule has 0 bridgehead atoms. The molecule has 0 aliphatic carbocycles. The predicted molar refractivity (Wildman–Crippen MR) is 59.2 cm³/mol. The van der Waals surface area contributed by atoms with Crippen LogP contribution in [0.3, 0.4) is 0 Å². The van der Waals surface area contributed by atoms with Gasteiger partial charge in [-0.3, -0.25) is 4.79 Å². The van der Waals surface area contributed by atoms with Gasteiger partial charge in [-0.2, -0.15) is 0 Å². The minimum Gasteiger partial charge on any atom is -0.461 e. The first-order chi connectivity index (χ1) is 6.74. The summed E-state index contributed by atoms with van der Waals surface area (Å²) in [6.07, 6.45) is 0. The fourth-order valence-electron chi connectivity index (χ4n) is 0.934. The molecule has 0 spiro atoms. The van der Waals surface area contributed by atoms with E-state index in [0.29, 0.717) is 11.9 Å². The molecule has 0 heterocycles. The number of benzene rings is 1. The Morgan fingerprint density at radius 2 is 2.07 bits per heavy atom. The molecule has 0 aliphatic heterocycles. The number of rotatable bonds is 4. The number of carbonyl (C=O) groups excluding carboxylic acids is 1. The highest BCUT2D eigenvalue weighted by Crippen LogP contribution is 2.06. The number of alkyl halides is 1. The molecule has 1 rings (SSSR count). The highest BCUT2D eigenvalue weighted by Gasteiger charge is 2.12. The lowest BCUT2D eigenvalue weighted by Gasteiger charge is -2.08. The number of esters is 1. The summed E-state index contributed by atoms with van der Waals surface area (Å²) in [6.45, 7) is 2.19. The molecule has 0 aliphatic rings. The predicted octanol–water partition coefficient (Wildman–Crippen LogP) is 2.76. The van der Waals surface area contributed by atoms with Crippen molar-refractivity contribution in [1.29, 1.82) is 0 Å². The van der Waals surface area contributed by atoms with E-state index in [4.69, 9.17) is 4.74 Å². The van der Waals surface area contributed by atoms with Crippen LogP contribution in [0.4, 0.5) is 0 Å². The van der Waals surface area contributed by atoms with Gasteiger partial charge in [0.2, 0.25) is 0 Å². The fourth-order valence-corrected chi connectivity index (χ4v) is 1.20. The number of hydrogen-bond acceptors (Lipinski definition) is 2. The van der Waals surface area contributed by atoms with E-state index in [1.165, 1.54) is 0 Å². The lowest BCUT2D eigenvalue weighted by molar-refractivity contribution is -0.148. The smallest absolute Gasteiger partial charge is 0.309 e. The molecule has 0 amide bonds. The van der Waals surface area contributed by atoms with E-state index >= 15 is 0 Å². The third kappa shape index (κ3) is 3.50. The Morgan fingerprint density at radius 1 is 1.43 bits per heavy atom. The standard InChI is InChI=1S/C11H13BrO2/c1-9(7-12)11(13)14-8-10-5-3-2-4-6-10/h2-6,9H,7-8H2,1H3/t9-/m1/s1. The topological polar surface area (TPSA) is 26.3 Å². The highest BCUT2D eigenvalue weighted by atomic mass is 79.9. The summed E-state index contributed by atoms with van der Waals surface area (Å²) in [7, 11) is 0. The summed E-state index contributed by atoms with van der Waals surface area (Å²) in [6, 6.07) is 9.67. The van der Waals surface area contributed by atoms with Crippen molar-refractivity contribution >= 4 is 21.9 Å². The molecule has 3 heteroatoms. The van der Waals surface area contributed by atoms with E-state index < -0.39 is 0 Å². The zero-order chi connectivity index (χ0) is 10.4. The summed E-state index contributed by atoms with van der Waals surface area (Å²) in [5.41, 5.74) is 1.02. The first-order valence-electron chi connectivity index (χ1n) is 4.50. The highest BCUT2D eigenvalue weighted by molar-refractivity contribution is 9.09. The van der Waals surface area contributed by atoms with Crippen LogP contribution in [0.1, 0.15) is 12.5 Å². The number of carbonyl (C=O) groups is 1. The summed E-state index contributed by atoms with van der Waals surface area (Å²) in [5.74, 6) is -0.246. The second-order valence-electron chi connectivity index (χ2n) is 3.15. The average Bonchev–Trinajstić information content (AvgIpc) is 2.26. The van der Waals surface area contributed by atoms with Crippen LogP contribution in [-0.4, -0.2) is 11.3 Å². The van der Waals surface area contributed by atoms with Crippen molar-refractivity contribution in [2.24, 2.45) is 5.92 Å². The molecule has 76 valence electrons. The first kappa shape index (κ1) is 11.2. The van der Waals surface area contributed by atoms with Crippen molar-refractivity contribution in [1.82, 2.24) is 0 Å². The van der Waals surface area contributed by atoms with E-state index in [2.05, 4.69) is 15.9 Å². The van der Waals surface area contributed by atoms with E-state index in [0.717, 1.165) is 5.56 Å². The Labute approximate surface area is 92.4 Å². The number of ether oxygens (including phenoxy) is 1. The molecule has 14 heavy (non-hydrogen) atoms. The lowest BCUT2D eigenvalue weighted by Crippen LogP contribution is -2.15. The van der Waals surface area contributed by atoms with Gasteiger partial charge in [0.15, 0.2) is 0 Å². The van der Waals surface area contributed by atoms with Crippen molar-refractivity contribution in [3.63, 3.8) is 0 Å². The quantitative estimate of drug-likeness (QED) is 0.612. The molecule has 1 aromatic carbocycles. The molecule has 2 nitrogen and oxygen atoms in total. The van der Waals surface area contributed by atoms with Gasteiger partial charge in [0.25, 0.3) is 0 Å². The third-order valence-corrected chi connectivity index (χ3v) is 2.83.